The van der Waals surface area contributed by atoms with Gasteiger partial charge in [-0.3, -0.25) is 4.57 Å². The fourth-order valence-electron chi connectivity index (χ4n) is 1.38. The average molecular weight is 369 g/mol. The maximum atomic E-state index is 11.7. The molecule has 0 aliphatic carbocycles. The monoisotopic (exact) mass is 369 g/mol. The molecule has 0 saturated heterocycles. The van der Waals surface area contributed by atoms with Gasteiger partial charge in [0.15, 0.2) is 0 Å². The molecule has 0 heterocycles. The van der Waals surface area contributed by atoms with Crippen LogP contribution in [0.15, 0.2) is 0 Å². The minimum Gasteiger partial charge on any atom is -0.480 e. The van der Waals surface area contributed by atoms with Crippen LogP contribution in [0.5, 0.6) is 0 Å². The molecule has 8 nitrogen and oxygen atoms in total. The van der Waals surface area contributed by atoms with Gasteiger partial charge in [0, 0.05) is 19.0 Å². The van der Waals surface area contributed by atoms with Crippen LogP contribution < -0.4 is 5.32 Å². The van der Waals surface area contributed by atoms with Crippen LogP contribution in [0, 0.1) is 0 Å². The van der Waals surface area contributed by atoms with Crippen LogP contribution >= 0.6 is 20.2 Å². The minimum absolute atomic E-state index is 0.107. The van der Waals surface area contributed by atoms with Crippen LogP contribution in [0.2, 0.25) is 0 Å². The highest BCUT2D eigenvalue weighted by molar-refractivity contribution is 8.04. The van der Waals surface area contributed by atoms with E-state index in [-0.39, 0.29) is 19.0 Å². The molecule has 0 aromatic heterocycles. The van der Waals surface area contributed by atoms with Crippen molar-refractivity contribution >= 4 is 32.3 Å². The highest BCUT2D eigenvalue weighted by Crippen LogP contribution is 2.39. The van der Waals surface area contributed by atoms with E-state index < -0.39 is 37.0 Å². The molecule has 0 aliphatic rings. The second-order valence-corrected chi connectivity index (χ2v) is 7.56. The van der Waals surface area contributed by atoms with Crippen molar-refractivity contribution in [1.82, 2.24) is 5.32 Å². The summed E-state index contributed by atoms with van der Waals surface area (Å²) in [4.78, 5) is 21.5. The summed E-state index contributed by atoms with van der Waals surface area (Å²) in [5.74, 6) is -1.35. The highest BCUT2D eigenvalue weighted by atomic mass is 32.2. The smallest absolute Gasteiger partial charge is 0.408 e. The Hall–Kier alpha value is -0.890. The van der Waals surface area contributed by atoms with Gasteiger partial charge >= 0.3 is 16.9 Å². The Morgan fingerprint density at radius 2 is 1.74 bits per heavy atom. The third-order valence-corrected chi connectivity index (χ3v) is 4.38. The van der Waals surface area contributed by atoms with Gasteiger partial charge in [-0.25, -0.2) is 9.59 Å². The zero-order chi connectivity index (χ0) is 18.1. The number of carboxylic acid groups (broad SMARTS) is 1. The van der Waals surface area contributed by atoms with Gasteiger partial charge in [-0.2, -0.15) is 0 Å². The number of nitrogens with one attached hydrogen (secondary N) is 1. The van der Waals surface area contributed by atoms with Crippen LogP contribution in [-0.4, -0.2) is 52.6 Å². The lowest BCUT2D eigenvalue weighted by Gasteiger charge is -2.27. The van der Waals surface area contributed by atoms with Crippen molar-refractivity contribution in [2.75, 3.05) is 19.0 Å². The molecule has 0 saturated carbocycles. The summed E-state index contributed by atoms with van der Waals surface area (Å²) in [7, 11) is -0.437. The van der Waals surface area contributed by atoms with Crippen molar-refractivity contribution in [2.24, 2.45) is 0 Å². The first-order chi connectivity index (χ1) is 10.6. The molecular formula is C13H24NO7PS. The lowest BCUT2D eigenvalue weighted by Crippen LogP contribution is -2.45. The first-order valence-corrected chi connectivity index (χ1v) is 8.87. The summed E-state index contributed by atoms with van der Waals surface area (Å²) in [5, 5.41) is 11.5. The van der Waals surface area contributed by atoms with E-state index in [0.717, 1.165) is 11.8 Å². The highest BCUT2D eigenvalue weighted by Gasteiger charge is 2.36. The first-order valence-electron chi connectivity index (χ1n) is 7.07. The summed E-state index contributed by atoms with van der Waals surface area (Å²) in [6.45, 7) is 8.88. The number of aliphatic carboxylic acids is 1. The molecule has 1 amide bonds. The van der Waals surface area contributed by atoms with E-state index in [1.54, 1.807) is 34.6 Å². The SMILES string of the molecule is CCOC(OCC)(P=O)SCC(NC(=O)OC(C)(C)C)C(=O)O. The quantitative estimate of drug-likeness (QED) is 0.447. The number of carboxylic acids is 1. The van der Waals surface area contributed by atoms with E-state index in [1.807, 2.05) is 0 Å². The Bertz CT molecular complexity index is 408. The Morgan fingerprint density at radius 1 is 1.22 bits per heavy atom. The van der Waals surface area contributed by atoms with Gasteiger partial charge in [0.1, 0.15) is 11.6 Å². The second-order valence-electron chi connectivity index (χ2n) is 5.33. The molecule has 0 fully saturated rings. The summed E-state index contributed by atoms with van der Waals surface area (Å²) < 4.78 is 27.0. The predicted octanol–water partition coefficient (Wildman–Crippen LogP) is 2.67. The summed E-state index contributed by atoms with van der Waals surface area (Å²) in [6, 6.07) is -1.24. The van der Waals surface area contributed by atoms with Gasteiger partial charge in [-0.15, -0.1) is 0 Å². The molecule has 0 aliphatic heterocycles. The number of carbonyl (C=O) groups excluding carboxylic acids is 1. The zero-order valence-corrected chi connectivity index (χ0v) is 15.7. The lowest BCUT2D eigenvalue weighted by atomic mass is 10.2. The van der Waals surface area contributed by atoms with Gasteiger partial charge in [0.2, 0.25) is 8.46 Å². The van der Waals surface area contributed by atoms with Crippen molar-refractivity contribution in [3.05, 3.63) is 0 Å². The van der Waals surface area contributed by atoms with Crippen molar-refractivity contribution in [1.29, 1.82) is 0 Å². The Morgan fingerprint density at radius 3 is 2.09 bits per heavy atom. The number of ether oxygens (including phenoxy) is 3. The standard InChI is InChI=1S/C13H24NO7PS/c1-6-19-13(22-18,20-7-2)23-8-9(10(15)16)14-11(17)21-12(3,4)5/h9H,6-8H2,1-5H3,(H,14,17)(H,15,16). The van der Waals surface area contributed by atoms with Crippen LogP contribution in [0.4, 0.5) is 4.79 Å². The maximum absolute atomic E-state index is 11.7. The average Bonchev–Trinajstić information content (AvgIpc) is 2.41. The number of amides is 1. The molecule has 1 unspecified atom stereocenters. The molecule has 0 rings (SSSR count). The van der Waals surface area contributed by atoms with E-state index in [0.29, 0.717) is 0 Å². The topological polar surface area (TPSA) is 111 Å². The molecule has 0 aromatic carbocycles. The van der Waals surface area contributed by atoms with Crippen molar-refractivity contribution in [3.8, 4) is 0 Å². The zero-order valence-electron chi connectivity index (χ0n) is 14.0. The predicted molar refractivity (Wildman–Crippen MR) is 86.8 cm³/mol. The van der Waals surface area contributed by atoms with Crippen molar-refractivity contribution in [2.45, 2.75) is 51.1 Å². The molecule has 0 spiro atoms. The number of hydrogen-bond donors (Lipinski definition) is 2. The Kier molecular flexibility index (Phi) is 9.68. The minimum atomic E-state index is -1.49. The van der Waals surface area contributed by atoms with E-state index in [9.17, 15) is 19.3 Å². The first kappa shape index (κ1) is 22.1. The molecule has 0 aromatic rings. The largest absolute Gasteiger partial charge is 0.480 e. The molecule has 23 heavy (non-hydrogen) atoms. The van der Waals surface area contributed by atoms with Crippen LogP contribution in [0.1, 0.15) is 34.6 Å². The fraction of sp³-hybridized carbons (Fsp3) is 0.846. The summed E-state index contributed by atoms with van der Waals surface area (Å²) in [5.41, 5.74) is -0.742. The van der Waals surface area contributed by atoms with Crippen LogP contribution in [-0.2, 0) is 23.6 Å². The summed E-state index contributed by atoms with van der Waals surface area (Å²) in [6.07, 6.45) is -0.844. The fourth-order valence-corrected chi connectivity index (χ4v) is 3.19. The molecule has 134 valence electrons. The van der Waals surface area contributed by atoms with Gasteiger partial charge < -0.3 is 24.6 Å². The van der Waals surface area contributed by atoms with Gasteiger partial charge in [0.25, 0.3) is 0 Å². The molecular weight excluding hydrogens is 345 g/mol. The van der Waals surface area contributed by atoms with E-state index in [4.69, 9.17) is 14.2 Å². The number of thioether (sulfide) groups is 1. The molecule has 0 radical (unpaired) electrons. The van der Waals surface area contributed by atoms with Gasteiger partial charge in [0.05, 0.1) is 0 Å². The van der Waals surface area contributed by atoms with Crippen LogP contribution in [0.3, 0.4) is 0 Å². The number of rotatable bonds is 10. The van der Waals surface area contributed by atoms with Crippen molar-refractivity contribution < 1.29 is 33.5 Å². The lowest BCUT2D eigenvalue weighted by molar-refractivity contribution is -0.138. The Balaban J connectivity index is 4.83. The van der Waals surface area contributed by atoms with E-state index in [2.05, 4.69) is 5.32 Å². The third-order valence-electron chi connectivity index (χ3n) is 2.19. The number of carbonyl (C=O) groups is 2. The van der Waals surface area contributed by atoms with Gasteiger partial charge in [-0.05, 0) is 34.6 Å². The number of alkyl carbamates (subject to hydrolysis) is 1. The molecule has 1 atom stereocenters. The van der Waals surface area contributed by atoms with Crippen molar-refractivity contribution in [3.63, 3.8) is 0 Å². The molecule has 2 N–H and O–H groups in total. The van der Waals surface area contributed by atoms with E-state index >= 15 is 0 Å². The Labute approximate surface area is 141 Å². The van der Waals surface area contributed by atoms with E-state index in [1.165, 1.54) is 0 Å². The third kappa shape index (κ3) is 9.10. The van der Waals surface area contributed by atoms with Gasteiger partial charge in [-0.1, -0.05) is 11.8 Å². The molecule has 0 bridgehead atoms. The van der Waals surface area contributed by atoms with Crippen LogP contribution in [0.25, 0.3) is 0 Å². The normalized spacial score (nSPS) is 13.6. The second kappa shape index (κ2) is 10.1. The number of hydrogen-bond acceptors (Lipinski definition) is 7. The summed E-state index contributed by atoms with van der Waals surface area (Å²) >= 11 is 0.894. The maximum Gasteiger partial charge on any atom is 0.408 e. The molecule has 10 heteroatoms.